The molecule has 2 aromatic rings. The average Bonchev–Trinajstić information content (AvgIpc) is 3.25. The number of pyridine rings is 1. The highest BCUT2D eigenvalue weighted by molar-refractivity contribution is 5.77. The first-order valence-electron chi connectivity index (χ1n) is 14.3. The number of hydrogen-bond donors (Lipinski definition) is 2. The Labute approximate surface area is 229 Å². The van der Waals surface area contributed by atoms with Gasteiger partial charge in [0, 0.05) is 43.1 Å². The number of aliphatic carboxylic acids is 1. The molecule has 4 heterocycles. The lowest BCUT2D eigenvalue weighted by atomic mass is 10.00. The van der Waals surface area contributed by atoms with E-state index in [1.165, 1.54) is 17.7 Å². The number of ether oxygens (including phenoxy) is 3. The summed E-state index contributed by atoms with van der Waals surface area (Å²) in [5.41, 5.74) is 3.30. The molecule has 212 valence electrons. The molecule has 0 spiro atoms. The standard InChI is InChI=1S/C30H40FN3O5/c1-19(2)26-18-37-17-21-14-22(31)15-25(28(21)39-26)27(30(35)36)34-12-10-24(16-34)38-13-4-3-7-23-9-8-20-6-5-11-32-29(20)33-23/h8-9,14-15,19,24,26-27H,3-7,10-13,16-18H2,1-2H3,(H,32,33)(H,35,36)/t24-,26?,27?/m1/s1. The lowest BCUT2D eigenvalue weighted by molar-refractivity contribution is -0.143. The maximum atomic E-state index is 14.6. The third-order valence-corrected chi connectivity index (χ3v) is 7.91. The van der Waals surface area contributed by atoms with E-state index in [9.17, 15) is 14.3 Å². The normalized spacial score (nSPS) is 21.9. The number of nitrogens with zero attached hydrogens (tertiary/aromatic N) is 2. The fourth-order valence-corrected chi connectivity index (χ4v) is 5.70. The van der Waals surface area contributed by atoms with Crippen LogP contribution in [-0.4, -0.2) is 66.0 Å². The molecule has 2 N–H and O–H groups in total. The Bertz CT molecular complexity index is 1160. The molecular formula is C30H40FN3O5. The van der Waals surface area contributed by atoms with Gasteiger partial charge in [-0.05, 0) is 68.2 Å². The van der Waals surface area contributed by atoms with E-state index in [0.29, 0.717) is 43.2 Å². The molecular weight excluding hydrogens is 501 g/mol. The quantitative estimate of drug-likeness (QED) is 0.417. The number of unbranched alkanes of at least 4 members (excludes halogenated alkanes) is 1. The van der Waals surface area contributed by atoms with Crippen molar-refractivity contribution in [2.75, 3.05) is 38.2 Å². The van der Waals surface area contributed by atoms with Gasteiger partial charge in [-0.3, -0.25) is 9.69 Å². The van der Waals surface area contributed by atoms with E-state index < -0.39 is 17.8 Å². The van der Waals surface area contributed by atoms with Gasteiger partial charge in [0.2, 0.25) is 0 Å². The molecule has 1 aromatic carbocycles. The smallest absolute Gasteiger partial charge is 0.325 e. The van der Waals surface area contributed by atoms with Crippen molar-refractivity contribution >= 4 is 11.8 Å². The maximum absolute atomic E-state index is 14.6. The van der Waals surface area contributed by atoms with Gasteiger partial charge in [-0.2, -0.15) is 0 Å². The van der Waals surface area contributed by atoms with E-state index in [1.54, 1.807) is 0 Å². The van der Waals surface area contributed by atoms with E-state index in [-0.39, 0.29) is 24.7 Å². The highest BCUT2D eigenvalue weighted by Crippen LogP contribution is 2.38. The van der Waals surface area contributed by atoms with Crippen LogP contribution < -0.4 is 10.1 Å². The molecule has 8 nitrogen and oxygen atoms in total. The molecule has 3 atom stereocenters. The van der Waals surface area contributed by atoms with Crippen molar-refractivity contribution in [2.24, 2.45) is 5.92 Å². The van der Waals surface area contributed by atoms with Crippen LogP contribution in [-0.2, 0) is 33.7 Å². The number of aryl methyl sites for hydroxylation is 2. The van der Waals surface area contributed by atoms with Crippen LogP contribution in [0.5, 0.6) is 5.75 Å². The summed E-state index contributed by atoms with van der Waals surface area (Å²) >= 11 is 0. The van der Waals surface area contributed by atoms with Crippen molar-refractivity contribution in [3.05, 3.63) is 52.5 Å². The SMILES string of the molecule is CC(C)C1COCc2cc(F)cc(C(C(=O)O)N3CC[C@@H](OCCCCc4ccc5c(n4)NCCC5)C3)c2O1. The van der Waals surface area contributed by atoms with Gasteiger partial charge in [0.15, 0.2) is 0 Å². The fourth-order valence-electron chi connectivity index (χ4n) is 5.70. The molecule has 1 fully saturated rings. The van der Waals surface area contributed by atoms with Crippen molar-refractivity contribution in [1.82, 2.24) is 9.88 Å². The Morgan fingerprint density at radius 2 is 2.15 bits per heavy atom. The zero-order valence-electron chi connectivity index (χ0n) is 23.0. The number of likely N-dealkylation sites (tertiary alicyclic amines) is 1. The third kappa shape index (κ3) is 6.70. The maximum Gasteiger partial charge on any atom is 0.325 e. The number of halogens is 1. The van der Waals surface area contributed by atoms with Crippen LogP contribution in [0.1, 0.15) is 68.0 Å². The first kappa shape index (κ1) is 27.8. The van der Waals surface area contributed by atoms with E-state index >= 15 is 0 Å². The number of aromatic nitrogens is 1. The molecule has 0 saturated carbocycles. The molecule has 0 aliphatic carbocycles. The molecule has 3 aliphatic heterocycles. The predicted molar refractivity (Wildman–Crippen MR) is 146 cm³/mol. The Morgan fingerprint density at radius 3 is 2.97 bits per heavy atom. The number of fused-ring (bicyclic) bond motifs is 2. The number of carboxylic acid groups (broad SMARTS) is 1. The molecule has 2 unspecified atom stereocenters. The number of nitrogens with one attached hydrogen (secondary N) is 1. The molecule has 3 aliphatic rings. The number of benzene rings is 1. The zero-order valence-corrected chi connectivity index (χ0v) is 23.0. The van der Waals surface area contributed by atoms with Gasteiger partial charge in [-0.25, -0.2) is 9.37 Å². The number of anilines is 1. The molecule has 1 saturated heterocycles. The molecule has 39 heavy (non-hydrogen) atoms. The van der Waals surface area contributed by atoms with E-state index in [2.05, 4.69) is 17.4 Å². The first-order chi connectivity index (χ1) is 18.9. The number of rotatable bonds is 10. The Hall–Kier alpha value is -2.75. The van der Waals surface area contributed by atoms with Crippen molar-refractivity contribution < 1.29 is 28.5 Å². The van der Waals surface area contributed by atoms with Crippen LogP contribution in [0.3, 0.4) is 0 Å². The summed E-state index contributed by atoms with van der Waals surface area (Å²) in [6.07, 6.45) is 5.48. The third-order valence-electron chi connectivity index (χ3n) is 7.91. The minimum absolute atomic E-state index is 0.0576. The van der Waals surface area contributed by atoms with Crippen molar-refractivity contribution in [2.45, 2.75) is 77.2 Å². The topological polar surface area (TPSA) is 93.2 Å². The van der Waals surface area contributed by atoms with Gasteiger partial charge >= 0.3 is 5.97 Å². The van der Waals surface area contributed by atoms with Crippen LogP contribution in [0.15, 0.2) is 24.3 Å². The summed E-state index contributed by atoms with van der Waals surface area (Å²) in [6.45, 7) is 7.27. The monoisotopic (exact) mass is 541 g/mol. The van der Waals surface area contributed by atoms with Gasteiger partial charge in [-0.1, -0.05) is 19.9 Å². The second kappa shape index (κ2) is 12.6. The van der Waals surface area contributed by atoms with Gasteiger partial charge in [0.05, 0.1) is 19.3 Å². The molecule has 1 aromatic heterocycles. The largest absolute Gasteiger partial charge is 0.487 e. The lowest BCUT2D eigenvalue weighted by Gasteiger charge is -2.28. The van der Waals surface area contributed by atoms with E-state index in [0.717, 1.165) is 56.6 Å². The van der Waals surface area contributed by atoms with Gasteiger partial charge in [0.25, 0.3) is 0 Å². The van der Waals surface area contributed by atoms with Crippen LogP contribution in [0.4, 0.5) is 10.2 Å². The summed E-state index contributed by atoms with van der Waals surface area (Å²) in [6, 6.07) is 5.98. The lowest BCUT2D eigenvalue weighted by Crippen LogP contribution is -2.35. The van der Waals surface area contributed by atoms with Gasteiger partial charge < -0.3 is 24.6 Å². The minimum atomic E-state index is -1.02. The number of hydrogen-bond acceptors (Lipinski definition) is 7. The first-order valence-corrected chi connectivity index (χ1v) is 14.3. The highest BCUT2D eigenvalue weighted by Gasteiger charge is 2.38. The number of carboxylic acids is 1. The summed E-state index contributed by atoms with van der Waals surface area (Å²) in [4.78, 5) is 19.1. The van der Waals surface area contributed by atoms with Crippen LogP contribution >= 0.6 is 0 Å². The second-order valence-corrected chi connectivity index (χ2v) is 11.2. The minimum Gasteiger partial charge on any atom is -0.487 e. The van der Waals surface area contributed by atoms with Crippen molar-refractivity contribution in [1.29, 1.82) is 0 Å². The number of carbonyl (C=O) groups is 1. The molecule has 0 amide bonds. The summed E-state index contributed by atoms with van der Waals surface area (Å²) in [5, 5.41) is 13.6. The Morgan fingerprint density at radius 1 is 1.28 bits per heavy atom. The average molecular weight is 542 g/mol. The Balaban J connectivity index is 1.17. The van der Waals surface area contributed by atoms with Crippen LogP contribution in [0, 0.1) is 11.7 Å². The fraction of sp³-hybridized carbons (Fsp3) is 0.600. The van der Waals surface area contributed by atoms with E-state index in [4.69, 9.17) is 19.2 Å². The second-order valence-electron chi connectivity index (χ2n) is 11.2. The highest BCUT2D eigenvalue weighted by atomic mass is 19.1. The summed E-state index contributed by atoms with van der Waals surface area (Å²) < 4.78 is 32.7. The van der Waals surface area contributed by atoms with E-state index in [1.807, 2.05) is 18.7 Å². The molecule has 9 heteroatoms. The molecule has 0 bridgehead atoms. The van der Waals surface area contributed by atoms with Crippen LogP contribution in [0.25, 0.3) is 0 Å². The zero-order chi connectivity index (χ0) is 27.4. The molecule has 5 rings (SSSR count). The molecule has 0 radical (unpaired) electrons. The Kier molecular flexibility index (Phi) is 8.99. The van der Waals surface area contributed by atoms with Crippen molar-refractivity contribution in [3.8, 4) is 5.75 Å². The predicted octanol–water partition coefficient (Wildman–Crippen LogP) is 4.75. The van der Waals surface area contributed by atoms with Crippen molar-refractivity contribution in [3.63, 3.8) is 0 Å². The van der Waals surface area contributed by atoms with Gasteiger partial charge in [0.1, 0.15) is 29.5 Å². The van der Waals surface area contributed by atoms with Gasteiger partial charge in [-0.15, -0.1) is 0 Å². The summed E-state index contributed by atoms with van der Waals surface area (Å²) in [7, 11) is 0. The summed E-state index contributed by atoms with van der Waals surface area (Å²) in [5.74, 6) is 0.130. The van der Waals surface area contributed by atoms with Crippen LogP contribution in [0.2, 0.25) is 0 Å².